The van der Waals surface area contributed by atoms with Gasteiger partial charge in [0.05, 0.1) is 23.8 Å². The molecule has 132 valence electrons. The number of furan rings is 1. The van der Waals surface area contributed by atoms with Gasteiger partial charge < -0.3 is 9.52 Å². The Labute approximate surface area is 147 Å². The third kappa shape index (κ3) is 4.83. The van der Waals surface area contributed by atoms with Crippen molar-refractivity contribution in [3.63, 3.8) is 0 Å². The maximum absolute atomic E-state index is 12.6. The standard InChI is InChI=1S/C17H22ClNO4S/c1-12(2)10-15(17-4-3-9-23-17)16(11-20)19-24(21,22)14-7-5-13(18)6-8-14/h3-9,12,15-16,19-20H,10-11H2,1-2H3/t15-,16-/m1/s1. The lowest BCUT2D eigenvalue weighted by molar-refractivity contribution is 0.218. The van der Waals surface area contributed by atoms with E-state index in [0.717, 1.165) is 0 Å². The molecule has 0 unspecified atom stereocenters. The number of hydrogen-bond donors (Lipinski definition) is 2. The molecule has 0 saturated heterocycles. The van der Waals surface area contributed by atoms with Crippen molar-refractivity contribution >= 4 is 21.6 Å². The Bertz CT molecular complexity index is 726. The van der Waals surface area contributed by atoms with Crippen molar-refractivity contribution in [2.45, 2.75) is 37.1 Å². The lowest BCUT2D eigenvalue weighted by atomic mass is 9.89. The number of nitrogens with one attached hydrogen (secondary N) is 1. The Balaban J connectivity index is 2.26. The quantitative estimate of drug-likeness (QED) is 0.745. The van der Waals surface area contributed by atoms with Gasteiger partial charge in [-0.2, -0.15) is 0 Å². The lowest BCUT2D eigenvalue weighted by Gasteiger charge is -2.26. The van der Waals surface area contributed by atoms with Gasteiger partial charge in [-0.25, -0.2) is 13.1 Å². The molecule has 0 bridgehead atoms. The highest BCUT2D eigenvalue weighted by Gasteiger charge is 2.30. The van der Waals surface area contributed by atoms with Crippen molar-refractivity contribution in [1.82, 2.24) is 4.72 Å². The highest BCUT2D eigenvalue weighted by molar-refractivity contribution is 7.89. The van der Waals surface area contributed by atoms with Crippen molar-refractivity contribution in [3.8, 4) is 0 Å². The molecule has 24 heavy (non-hydrogen) atoms. The van der Waals surface area contributed by atoms with Gasteiger partial charge in [0.1, 0.15) is 5.76 Å². The van der Waals surface area contributed by atoms with E-state index >= 15 is 0 Å². The summed E-state index contributed by atoms with van der Waals surface area (Å²) in [7, 11) is -3.77. The Morgan fingerprint density at radius 1 is 1.21 bits per heavy atom. The first kappa shape index (κ1) is 19.0. The highest BCUT2D eigenvalue weighted by Crippen LogP contribution is 2.28. The third-order valence-electron chi connectivity index (χ3n) is 3.75. The van der Waals surface area contributed by atoms with Crippen molar-refractivity contribution in [3.05, 3.63) is 53.4 Å². The summed E-state index contributed by atoms with van der Waals surface area (Å²) in [5.74, 6) is 0.711. The van der Waals surface area contributed by atoms with Gasteiger partial charge >= 0.3 is 0 Å². The first-order chi connectivity index (χ1) is 11.3. The second-order valence-electron chi connectivity index (χ2n) is 6.12. The molecule has 0 saturated carbocycles. The van der Waals surface area contributed by atoms with Gasteiger partial charge in [0.2, 0.25) is 10.0 Å². The molecule has 7 heteroatoms. The number of halogens is 1. The number of sulfonamides is 1. The Morgan fingerprint density at radius 2 is 1.88 bits per heavy atom. The second-order valence-corrected chi connectivity index (χ2v) is 8.27. The van der Waals surface area contributed by atoms with Crippen molar-refractivity contribution in [2.75, 3.05) is 6.61 Å². The summed E-state index contributed by atoms with van der Waals surface area (Å²) >= 11 is 5.80. The fraction of sp³-hybridized carbons (Fsp3) is 0.412. The molecule has 0 aliphatic heterocycles. The molecule has 1 aromatic heterocycles. The minimum atomic E-state index is -3.77. The fourth-order valence-electron chi connectivity index (χ4n) is 2.62. The maximum Gasteiger partial charge on any atom is 0.240 e. The molecule has 0 amide bonds. The zero-order valence-electron chi connectivity index (χ0n) is 13.6. The molecule has 2 N–H and O–H groups in total. The molecular formula is C17H22ClNO4S. The molecule has 0 aliphatic carbocycles. The van der Waals surface area contributed by atoms with Gasteiger partial charge in [0.25, 0.3) is 0 Å². The summed E-state index contributed by atoms with van der Waals surface area (Å²) in [4.78, 5) is 0.105. The lowest BCUT2D eigenvalue weighted by Crippen LogP contribution is -2.42. The van der Waals surface area contributed by atoms with Crippen LogP contribution in [0.4, 0.5) is 0 Å². The van der Waals surface area contributed by atoms with E-state index in [0.29, 0.717) is 23.1 Å². The van der Waals surface area contributed by atoms with E-state index in [-0.39, 0.29) is 17.4 Å². The molecule has 1 heterocycles. The Kier molecular flexibility index (Phi) is 6.46. The summed E-state index contributed by atoms with van der Waals surface area (Å²) in [6.07, 6.45) is 2.23. The Hall–Kier alpha value is -1.34. The van der Waals surface area contributed by atoms with E-state index < -0.39 is 16.1 Å². The van der Waals surface area contributed by atoms with Crippen LogP contribution in [0.15, 0.2) is 52.0 Å². The van der Waals surface area contributed by atoms with Crippen LogP contribution < -0.4 is 4.72 Å². The number of aliphatic hydroxyl groups excluding tert-OH is 1. The molecule has 2 atom stereocenters. The monoisotopic (exact) mass is 371 g/mol. The minimum Gasteiger partial charge on any atom is -0.469 e. The maximum atomic E-state index is 12.6. The summed E-state index contributed by atoms with van der Waals surface area (Å²) in [5.41, 5.74) is 0. The van der Waals surface area contributed by atoms with Gasteiger partial charge in [0, 0.05) is 10.9 Å². The second kappa shape index (κ2) is 8.16. The molecule has 0 spiro atoms. The van der Waals surface area contributed by atoms with Crippen LogP contribution in [0.3, 0.4) is 0 Å². The molecular weight excluding hydrogens is 350 g/mol. The average molecular weight is 372 g/mol. The topological polar surface area (TPSA) is 79.5 Å². The van der Waals surface area contributed by atoms with Crippen LogP contribution in [0.5, 0.6) is 0 Å². The van der Waals surface area contributed by atoms with E-state index in [2.05, 4.69) is 4.72 Å². The number of rotatable bonds is 8. The summed E-state index contributed by atoms with van der Waals surface area (Å²) in [5, 5.41) is 10.2. The smallest absolute Gasteiger partial charge is 0.240 e. The largest absolute Gasteiger partial charge is 0.469 e. The average Bonchev–Trinajstić information content (AvgIpc) is 3.05. The third-order valence-corrected chi connectivity index (χ3v) is 5.50. The number of aliphatic hydroxyl groups is 1. The molecule has 2 rings (SSSR count). The van der Waals surface area contributed by atoms with E-state index in [1.54, 1.807) is 18.4 Å². The van der Waals surface area contributed by atoms with Crippen molar-refractivity contribution in [2.24, 2.45) is 5.92 Å². The Morgan fingerprint density at radius 3 is 2.38 bits per heavy atom. The van der Waals surface area contributed by atoms with E-state index in [1.807, 2.05) is 13.8 Å². The summed E-state index contributed by atoms with van der Waals surface area (Å²) in [6.45, 7) is 3.75. The van der Waals surface area contributed by atoms with Gasteiger partial charge in [-0.3, -0.25) is 0 Å². The summed E-state index contributed by atoms with van der Waals surface area (Å²) < 4.78 is 33.2. The molecule has 0 fully saturated rings. The van der Waals surface area contributed by atoms with Gasteiger partial charge in [-0.05, 0) is 48.7 Å². The van der Waals surface area contributed by atoms with Gasteiger partial charge in [0.15, 0.2) is 0 Å². The normalized spacial score (nSPS) is 14.7. The van der Waals surface area contributed by atoms with Gasteiger partial charge in [-0.15, -0.1) is 0 Å². The molecule has 0 radical (unpaired) electrons. The zero-order valence-corrected chi connectivity index (χ0v) is 15.2. The molecule has 1 aromatic carbocycles. The zero-order chi connectivity index (χ0) is 17.7. The predicted molar refractivity (Wildman–Crippen MR) is 93.6 cm³/mol. The van der Waals surface area contributed by atoms with Crippen LogP contribution in [0.2, 0.25) is 5.02 Å². The van der Waals surface area contributed by atoms with Crippen molar-refractivity contribution < 1.29 is 17.9 Å². The fourth-order valence-corrected chi connectivity index (χ4v) is 4.01. The van der Waals surface area contributed by atoms with E-state index in [9.17, 15) is 13.5 Å². The van der Waals surface area contributed by atoms with Crippen LogP contribution in [0, 0.1) is 5.92 Å². The van der Waals surface area contributed by atoms with E-state index in [1.165, 1.54) is 24.3 Å². The minimum absolute atomic E-state index is 0.105. The predicted octanol–water partition coefficient (Wildman–Crippen LogP) is 3.40. The van der Waals surface area contributed by atoms with Crippen LogP contribution in [0.1, 0.15) is 31.9 Å². The first-order valence-corrected chi connectivity index (χ1v) is 9.61. The van der Waals surface area contributed by atoms with Crippen LogP contribution in [-0.4, -0.2) is 26.2 Å². The van der Waals surface area contributed by atoms with Crippen LogP contribution in [0.25, 0.3) is 0 Å². The number of benzene rings is 1. The highest BCUT2D eigenvalue weighted by atomic mass is 35.5. The van der Waals surface area contributed by atoms with Crippen molar-refractivity contribution in [1.29, 1.82) is 0 Å². The number of hydrogen-bond acceptors (Lipinski definition) is 4. The molecule has 5 nitrogen and oxygen atoms in total. The molecule has 2 aromatic rings. The molecule has 0 aliphatic rings. The van der Waals surface area contributed by atoms with Gasteiger partial charge in [-0.1, -0.05) is 25.4 Å². The van der Waals surface area contributed by atoms with Crippen LogP contribution >= 0.6 is 11.6 Å². The first-order valence-electron chi connectivity index (χ1n) is 7.75. The summed E-state index contributed by atoms with van der Waals surface area (Å²) in [6, 6.07) is 8.77. The SMILES string of the molecule is CC(C)C[C@@H](c1ccco1)[C@@H](CO)NS(=O)(=O)c1ccc(Cl)cc1. The van der Waals surface area contributed by atoms with E-state index in [4.69, 9.17) is 16.0 Å². The van der Waals surface area contributed by atoms with Crippen LogP contribution in [-0.2, 0) is 10.0 Å².